The molecule has 1 aromatic carbocycles. The van der Waals surface area contributed by atoms with Crippen molar-refractivity contribution in [2.45, 2.75) is 45.7 Å². The Kier molecular flexibility index (Phi) is 9.21. The highest BCUT2D eigenvalue weighted by Gasteiger charge is 2.35. The summed E-state index contributed by atoms with van der Waals surface area (Å²) >= 11 is 6.82. The lowest BCUT2D eigenvalue weighted by Crippen LogP contribution is -2.49. The molecule has 1 heterocycles. The van der Waals surface area contributed by atoms with Crippen LogP contribution in [-0.2, 0) is 9.53 Å². The highest BCUT2D eigenvalue weighted by atomic mass is 35.5. The van der Waals surface area contributed by atoms with Crippen LogP contribution >= 0.6 is 23.1 Å². The minimum Gasteiger partial charge on any atom is -0.395 e. The van der Waals surface area contributed by atoms with Gasteiger partial charge in [0.2, 0.25) is 5.91 Å². The molecule has 0 spiro atoms. The second kappa shape index (κ2) is 11.4. The van der Waals surface area contributed by atoms with Crippen molar-refractivity contribution in [1.82, 2.24) is 14.6 Å². The molecule has 0 fully saturated rings. The molecule has 0 saturated carbocycles. The number of benzene rings is 1. The van der Waals surface area contributed by atoms with Gasteiger partial charge in [-0.05, 0) is 63.3 Å². The van der Waals surface area contributed by atoms with Crippen molar-refractivity contribution in [1.29, 1.82) is 0 Å². The predicted octanol–water partition coefficient (Wildman–Crippen LogP) is 3.00. The molecular formula is C22H30ClN5O4S. The minimum atomic E-state index is -0.978. The van der Waals surface area contributed by atoms with Gasteiger partial charge in [0, 0.05) is 30.3 Å². The van der Waals surface area contributed by atoms with E-state index in [0.29, 0.717) is 30.2 Å². The van der Waals surface area contributed by atoms with Crippen LogP contribution in [0.25, 0.3) is 0 Å². The van der Waals surface area contributed by atoms with Crippen LogP contribution in [0.3, 0.4) is 0 Å². The lowest BCUT2D eigenvalue weighted by molar-refractivity contribution is -0.127. The Labute approximate surface area is 202 Å². The summed E-state index contributed by atoms with van der Waals surface area (Å²) in [7, 11) is 0. The normalized spacial score (nSPS) is 12.3. The Bertz CT molecular complexity index is 988. The lowest BCUT2D eigenvalue weighted by Gasteiger charge is -2.33. The van der Waals surface area contributed by atoms with Gasteiger partial charge in [0.25, 0.3) is 11.8 Å². The number of nitrogens with one attached hydrogen (secondary N) is 1. The zero-order valence-corrected chi connectivity index (χ0v) is 20.8. The molecule has 5 N–H and O–H groups in total. The second-order valence-corrected chi connectivity index (χ2v) is 9.59. The van der Waals surface area contributed by atoms with E-state index in [-0.39, 0.29) is 28.7 Å². The monoisotopic (exact) mass is 495 g/mol. The van der Waals surface area contributed by atoms with Crippen LogP contribution in [0.4, 0.5) is 5.69 Å². The van der Waals surface area contributed by atoms with E-state index in [4.69, 9.17) is 27.8 Å². The number of rotatable bonds is 10. The Morgan fingerprint density at radius 1 is 1.24 bits per heavy atom. The third-order valence-electron chi connectivity index (χ3n) is 4.55. The first-order chi connectivity index (χ1) is 15.5. The molecule has 0 unspecified atom stereocenters. The molecule has 11 heteroatoms. The topological polar surface area (TPSA) is 141 Å². The molecule has 1 atom stereocenters. The molecule has 0 aliphatic carbocycles. The third kappa shape index (κ3) is 7.15. The number of nitrogens with two attached hydrogens (primary N) is 2. The maximum Gasteiger partial charge on any atom is 0.270 e. The Hall–Kier alpha value is -2.69. The van der Waals surface area contributed by atoms with E-state index < -0.39 is 23.4 Å². The summed E-state index contributed by atoms with van der Waals surface area (Å²) in [5.74, 6) is -1.73. The van der Waals surface area contributed by atoms with E-state index >= 15 is 0 Å². The average molecular weight is 496 g/mol. The highest BCUT2D eigenvalue weighted by molar-refractivity contribution is 7.09. The fourth-order valence-corrected chi connectivity index (χ4v) is 4.03. The first kappa shape index (κ1) is 26.6. The van der Waals surface area contributed by atoms with Gasteiger partial charge < -0.3 is 26.4 Å². The van der Waals surface area contributed by atoms with Crippen molar-refractivity contribution in [3.8, 4) is 0 Å². The summed E-state index contributed by atoms with van der Waals surface area (Å²) in [6.07, 6.45) is 0.480. The maximum absolute atomic E-state index is 13.6. The van der Waals surface area contributed by atoms with Gasteiger partial charge in [0.05, 0.1) is 5.69 Å². The van der Waals surface area contributed by atoms with Crippen molar-refractivity contribution < 1.29 is 19.1 Å². The van der Waals surface area contributed by atoms with E-state index in [1.165, 1.54) is 4.90 Å². The SMILES string of the molecule is CCOCCCN(C(=O)c1snc(C(N)=O)c1N)[C@@H](C(=O)NC(C)(C)C)c1ccc(Cl)cc1. The highest BCUT2D eigenvalue weighted by Crippen LogP contribution is 2.30. The Morgan fingerprint density at radius 3 is 2.39 bits per heavy atom. The van der Waals surface area contributed by atoms with Gasteiger partial charge >= 0.3 is 0 Å². The standard InChI is InChI=1S/C22H30ClN5O4S/c1-5-32-12-6-11-28(21(31)18-15(24)16(19(25)29)27-33-18)17(20(30)26-22(2,3)4)13-7-9-14(23)10-8-13/h7-10,17H,5-6,11-12,24H2,1-4H3,(H2,25,29)(H,26,30)/t17-/m1/s1. The zero-order valence-electron chi connectivity index (χ0n) is 19.2. The molecule has 33 heavy (non-hydrogen) atoms. The van der Waals surface area contributed by atoms with Crippen LogP contribution in [0.2, 0.25) is 5.02 Å². The number of primary amides is 1. The molecule has 180 valence electrons. The predicted molar refractivity (Wildman–Crippen MR) is 129 cm³/mol. The molecule has 3 amide bonds. The van der Waals surface area contributed by atoms with Crippen LogP contribution in [0.5, 0.6) is 0 Å². The number of ether oxygens (including phenoxy) is 1. The van der Waals surface area contributed by atoms with Gasteiger partial charge in [0.15, 0.2) is 5.69 Å². The van der Waals surface area contributed by atoms with Crippen molar-refractivity contribution in [2.24, 2.45) is 5.73 Å². The molecule has 0 aliphatic heterocycles. The van der Waals surface area contributed by atoms with E-state index in [0.717, 1.165) is 11.5 Å². The molecule has 9 nitrogen and oxygen atoms in total. The first-order valence-corrected chi connectivity index (χ1v) is 11.6. The number of carbonyl (C=O) groups excluding carboxylic acids is 3. The average Bonchev–Trinajstić information content (AvgIpc) is 3.11. The summed E-state index contributed by atoms with van der Waals surface area (Å²) in [6, 6.07) is 5.73. The number of amides is 3. The Morgan fingerprint density at radius 2 is 1.88 bits per heavy atom. The number of hydrogen-bond acceptors (Lipinski definition) is 7. The zero-order chi connectivity index (χ0) is 24.8. The fraction of sp³-hybridized carbons (Fsp3) is 0.455. The molecule has 0 radical (unpaired) electrons. The summed E-state index contributed by atoms with van der Waals surface area (Å²) < 4.78 is 9.35. The number of halogens is 1. The van der Waals surface area contributed by atoms with Crippen molar-refractivity contribution in [2.75, 3.05) is 25.5 Å². The second-order valence-electron chi connectivity index (χ2n) is 8.38. The fourth-order valence-electron chi connectivity index (χ4n) is 3.14. The number of hydrogen-bond donors (Lipinski definition) is 3. The van der Waals surface area contributed by atoms with Crippen LogP contribution in [0.15, 0.2) is 24.3 Å². The molecule has 0 bridgehead atoms. The van der Waals surface area contributed by atoms with Crippen molar-refractivity contribution in [3.63, 3.8) is 0 Å². The molecular weight excluding hydrogens is 466 g/mol. The molecule has 2 aromatic rings. The summed E-state index contributed by atoms with van der Waals surface area (Å²) in [4.78, 5) is 40.1. The molecule has 0 saturated heterocycles. The van der Waals surface area contributed by atoms with Gasteiger partial charge in [-0.15, -0.1) is 0 Å². The molecule has 1 aromatic heterocycles. The van der Waals surface area contributed by atoms with E-state index in [2.05, 4.69) is 9.69 Å². The third-order valence-corrected chi connectivity index (χ3v) is 5.66. The minimum absolute atomic E-state index is 0.0442. The summed E-state index contributed by atoms with van der Waals surface area (Å²) in [5.41, 5.74) is 11.1. The van der Waals surface area contributed by atoms with Gasteiger partial charge in [-0.3, -0.25) is 14.4 Å². The lowest BCUT2D eigenvalue weighted by atomic mass is 10.0. The number of anilines is 1. The largest absolute Gasteiger partial charge is 0.395 e. The summed E-state index contributed by atoms with van der Waals surface area (Å²) in [6.45, 7) is 8.57. The van der Waals surface area contributed by atoms with Crippen molar-refractivity contribution >= 4 is 46.5 Å². The van der Waals surface area contributed by atoms with E-state index in [9.17, 15) is 14.4 Å². The van der Waals surface area contributed by atoms with Gasteiger partial charge in [-0.25, -0.2) is 0 Å². The number of nitrogens with zero attached hydrogens (tertiary/aromatic N) is 2. The van der Waals surface area contributed by atoms with E-state index in [1.807, 2.05) is 27.7 Å². The molecule has 2 rings (SSSR count). The summed E-state index contributed by atoms with van der Waals surface area (Å²) in [5, 5.41) is 3.44. The van der Waals surface area contributed by atoms with Crippen LogP contribution in [0, 0.1) is 0 Å². The Balaban J connectivity index is 2.54. The quantitative estimate of drug-likeness (QED) is 0.433. The van der Waals surface area contributed by atoms with Gasteiger partial charge in [-0.1, -0.05) is 23.7 Å². The van der Waals surface area contributed by atoms with Gasteiger partial charge in [0.1, 0.15) is 10.9 Å². The number of aromatic nitrogens is 1. The smallest absolute Gasteiger partial charge is 0.270 e. The van der Waals surface area contributed by atoms with Crippen LogP contribution < -0.4 is 16.8 Å². The maximum atomic E-state index is 13.6. The van der Waals surface area contributed by atoms with Crippen LogP contribution in [-0.4, -0.2) is 52.3 Å². The first-order valence-electron chi connectivity index (χ1n) is 10.5. The van der Waals surface area contributed by atoms with Crippen LogP contribution in [0.1, 0.15) is 65.9 Å². The number of carbonyl (C=O) groups is 3. The van der Waals surface area contributed by atoms with Crippen molar-refractivity contribution in [3.05, 3.63) is 45.4 Å². The van der Waals surface area contributed by atoms with E-state index in [1.54, 1.807) is 24.3 Å². The van der Waals surface area contributed by atoms with Gasteiger partial charge in [-0.2, -0.15) is 4.37 Å². The molecule has 0 aliphatic rings. The number of nitrogen functional groups attached to an aromatic ring is 1.